The molecule has 7 heteroatoms. The SMILES string of the molecule is COc1cccc(CNC(=O)C[NH+]2CC[NH+](Cc3cc(F)ccc3OC)CC2)c1. The van der Waals surface area contributed by atoms with E-state index >= 15 is 0 Å². The Morgan fingerprint density at radius 3 is 2.52 bits per heavy atom. The molecule has 156 valence electrons. The number of carbonyl (C=O) groups excluding carboxylic acids is 1. The third kappa shape index (κ3) is 6.17. The van der Waals surface area contributed by atoms with E-state index in [4.69, 9.17) is 9.47 Å². The Balaban J connectivity index is 1.42. The quantitative estimate of drug-likeness (QED) is 0.554. The van der Waals surface area contributed by atoms with Crippen LogP contribution in [0.3, 0.4) is 0 Å². The van der Waals surface area contributed by atoms with Crippen molar-refractivity contribution < 1.29 is 28.5 Å². The van der Waals surface area contributed by atoms with Crippen molar-refractivity contribution in [2.24, 2.45) is 0 Å². The summed E-state index contributed by atoms with van der Waals surface area (Å²) in [5, 5.41) is 2.99. The molecule has 0 spiro atoms. The first-order chi connectivity index (χ1) is 14.1. The summed E-state index contributed by atoms with van der Waals surface area (Å²) < 4.78 is 24.1. The largest absolute Gasteiger partial charge is 0.497 e. The topological polar surface area (TPSA) is 56.4 Å². The predicted molar refractivity (Wildman–Crippen MR) is 108 cm³/mol. The summed E-state index contributed by atoms with van der Waals surface area (Å²) >= 11 is 0. The van der Waals surface area contributed by atoms with Crippen LogP contribution in [0.4, 0.5) is 4.39 Å². The van der Waals surface area contributed by atoms with E-state index in [1.54, 1.807) is 26.4 Å². The maximum atomic E-state index is 13.6. The molecule has 3 rings (SSSR count). The monoisotopic (exact) mass is 403 g/mol. The van der Waals surface area contributed by atoms with Crippen molar-refractivity contribution in [3.63, 3.8) is 0 Å². The van der Waals surface area contributed by atoms with E-state index < -0.39 is 0 Å². The van der Waals surface area contributed by atoms with Gasteiger partial charge < -0.3 is 24.6 Å². The summed E-state index contributed by atoms with van der Waals surface area (Å²) in [6.45, 7) is 5.42. The molecule has 3 N–H and O–H groups in total. The lowest BCUT2D eigenvalue weighted by Crippen LogP contribution is -3.28. The van der Waals surface area contributed by atoms with Gasteiger partial charge in [0.05, 0.1) is 19.8 Å². The fraction of sp³-hybridized carbons (Fsp3) is 0.409. The Kier molecular flexibility index (Phi) is 7.43. The van der Waals surface area contributed by atoms with Crippen LogP contribution in [0.1, 0.15) is 11.1 Å². The van der Waals surface area contributed by atoms with Crippen molar-refractivity contribution in [2.75, 3.05) is 46.9 Å². The third-order valence-corrected chi connectivity index (χ3v) is 5.38. The van der Waals surface area contributed by atoms with Crippen LogP contribution in [0.2, 0.25) is 0 Å². The number of piperazine rings is 1. The molecular formula is C22H30FN3O3+2. The molecule has 0 bridgehead atoms. The molecule has 1 heterocycles. The zero-order valence-corrected chi connectivity index (χ0v) is 17.1. The smallest absolute Gasteiger partial charge is 0.275 e. The summed E-state index contributed by atoms with van der Waals surface area (Å²) in [4.78, 5) is 15.0. The Bertz CT molecular complexity index is 823. The number of methoxy groups -OCH3 is 2. The van der Waals surface area contributed by atoms with Crippen LogP contribution in [0.25, 0.3) is 0 Å². The Hall–Kier alpha value is -2.64. The van der Waals surface area contributed by atoms with E-state index in [0.717, 1.165) is 55.3 Å². The first-order valence-electron chi connectivity index (χ1n) is 9.96. The summed E-state index contributed by atoms with van der Waals surface area (Å²) in [7, 11) is 3.24. The van der Waals surface area contributed by atoms with Crippen LogP contribution in [-0.4, -0.2) is 52.9 Å². The van der Waals surface area contributed by atoms with Crippen molar-refractivity contribution in [1.82, 2.24) is 5.32 Å². The summed E-state index contributed by atoms with van der Waals surface area (Å²) in [5.74, 6) is 1.33. The molecular weight excluding hydrogens is 373 g/mol. The fourth-order valence-electron chi connectivity index (χ4n) is 3.74. The zero-order valence-electron chi connectivity index (χ0n) is 17.1. The lowest BCUT2D eigenvalue weighted by atomic mass is 10.1. The Morgan fingerprint density at radius 2 is 1.79 bits per heavy atom. The van der Waals surface area contributed by atoms with Gasteiger partial charge in [0.25, 0.3) is 5.91 Å². The molecule has 1 amide bonds. The van der Waals surface area contributed by atoms with Gasteiger partial charge in [-0.3, -0.25) is 4.79 Å². The summed E-state index contributed by atoms with van der Waals surface area (Å²) in [6.07, 6.45) is 0. The molecule has 0 aromatic heterocycles. The van der Waals surface area contributed by atoms with Gasteiger partial charge in [0.15, 0.2) is 6.54 Å². The third-order valence-electron chi connectivity index (χ3n) is 5.38. The highest BCUT2D eigenvalue weighted by Gasteiger charge is 2.25. The number of hydrogen-bond acceptors (Lipinski definition) is 3. The van der Waals surface area contributed by atoms with E-state index in [-0.39, 0.29) is 11.7 Å². The van der Waals surface area contributed by atoms with Gasteiger partial charge in [-0.05, 0) is 35.9 Å². The van der Waals surface area contributed by atoms with Crippen molar-refractivity contribution in [1.29, 1.82) is 0 Å². The van der Waals surface area contributed by atoms with E-state index in [1.165, 1.54) is 15.9 Å². The molecule has 6 nitrogen and oxygen atoms in total. The van der Waals surface area contributed by atoms with Crippen LogP contribution in [0.15, 0.2) is 42.5 Å². The molecule has 1 saturated heterocycles. The van der Waals surface area contributed by atoms with E-state index in [2.05, 4.69) is 5.32 Å². The normalized spacial score (nSPS) is 18.9. The van der Waals surface area contributed by atoms with Crippen LogP contribution in [-0.2, 0) is 17.9 Å². The average molecular weight is 403 g/mol. The number of nitrogens with one attached hydrogen (secondary N) is 3. The van der Waals surface area contributed by atoms with Gasteiger partial charge in [0.1, 0.15) is 50.0 Å². The first-order valence-corrected chi connectivity index (χ1v) is 9.96. The first kappa shape index (κ1) is 21.1. The molecule has 0 aliphatic carbocycles. The number of halogens is 1. The summed E-state index contributed by atoms with van der Waals surface area (Å²) in [5.41, 5.74) is 1.91. The molecule has 0 radical (unpaired) electrons. The molecule has 0 atom stereocenters. The summed E-state index contributed by atoms with van der Waals surface area (Å²) in [6, 6.07) is 12.4. The second kappa shape index (κ2) is 10.2. The minimum absolute atomic E-state index is 0.0538. The molecule has 1 aliphatic rings. The van der Waals surface area contributed by atoms with Gasteiger partial charge >= 0.3 is 0 Å². The fourth-order valence-corrected chi connectivity index (χ4v) is 3.74. The van der Waals surface area contributed by atoms with Crippen molar-refractivity contribution in [2.45, 2.75) is 13.1 Å². The second-order valence-electron chi connectivity index (χ2n) is 7.44. The Labute approximate surface area is 171 Å². The van der Waals surface area contributed by atoms with E-state index in [1.807, 2.05) is 24.3 Å². The van der Waals surface area contributed by atoms with Crippen LogP contribution >= 0.6 is 0 Å². The van der Waals surface area contributed by atoms with Crippen LogP contribution < -0.4 is 24.6 Å². The van der Waals surface area contributed by atoms with Gasteiger partial charge in [-0.15, -0.1) is 0 Å². The molecule has 2 aromatic carbocycles. The number of ether oxygens (including phenoxy) is 2. The standard InChI is InChI=1S/C22H28FN3O3/c1-28-20-5-3-4-17(12-20)14-24-22(27)16-26-10-8-25(9-11-26)15-18-13-19(23)6-7-21(18)29-2/h3-7,12-13H,8-11,14-16H2,1-2H3,(H,24,27)/p+2. The van der Waals surface area contributed by atoms with Crippen LogP contribution in [0, 0.1) is 5.82 Å². The van der Waals surface area contributed by atoms with Crippen LogP contribution in [0.5, 0.6) is 11.5 Å². The highest BCUT2D eigenvalue weighted by atomic mass is 19.1. The minimum atomic E-state index is -0.239. The Morgan fingerprint density at radius 1 is 1.03 bits per heavy atom. The van der Waals surface area contributed by atoms with Gasteiger partial charge in [-0.25, -0.2) is 4.39 Å². The molecule has 1 fully saturated rings. The predicted octanol–water partition coefficient (Wildman–Crippen LogP) is -0.557. The lowest BCUT2D eigenvalue weighted by Gasteiger charge is -2.29. The van der Waals surface area contributed by atoms with Crippen molar-refractivity contribution in [3.05, 3.63) is 59.4 Å². The van der Waals surface area contributed by atoms with Crippen molar-refractivity contribution in [3.8, 4) is 11.5 Å². The zero-order chi connectivity index (χ0) is 20.6. The average Bonchev–Trinajstić information content (AvgIpc) is 2.74. The maximum Gasteiger partial charge on any atom is 0.275 e. The number of hydrogen-bond donors (Lipinski definition) is 3. The highest BCUT2D eigenvalue weighted by Crippen LogP contribution is 2.18. The maximum absolute atomic E-state index is 13.6. The number of rotatable bonds is 8. The van der Waals surface area contributed by atoms with Gasteiger partial charge in [0, 0.05) is 6.54 Å². The number of carbonyl (C=O) groups is 1. The van der Waals surface area contributed by atoms with Gasteiger partial charge in [0.2, 0.25) is 0 Å². The number of quaternary nitrogens is 2. The molecule has 0 saturated carbocycles. The number of benzene rings is 2. The molecule has 2 aromatic rings. The van der Waals surface area contributed by atoms with Gasteiger partial charge in [-0.1, -0.05) is 12.1 Å². The molecule has 0 unspecified atom stereocenters. The molecule has 29 heavy (non-hydrogen) atoms. The number of amides is 1. The van der Waals surface area contributed by atoms with Gasteiger partial charge in [-0.2, -0.15) is 0 Å². The highest BCUT2D eigenvalue weighted by molar-refractivity contribution is 5.76. The van der Waals surface area contributed by atoms with E-state index in [0.29, 0.717) is 13.1 Å². The molecule has 1 aliphatic heterocycles. The van der Waals surface area contributed by atoms with Crippen molar-refractivity contribution >= 4 is 5.91 Å². The minimum Gasteiger partial charge on any atom is -0.497 e. The lowest BCUT2D eigenvalue weighted by molar-refractivity contribution is -1.02. The second-order valence-corrected chi connectivity index (χ2v) is 7.44. The van der Waals surface area contributed by atoms with E-state index in [9.17, 15) is 9.18 Å².